The minimum absolute atomic E-state index is 0.0257. The Labute approximate surface area is 91.0 Å². The van der Waals surface area contributed by atoms with Crippen molar-refractivity contribution in [3.8, 4) is 11.5 Å². The normalized spacial score (nSPS) is 11.4. The van der Waals surface area contributed by atoms with Gasteiger partial charge in [0.1, 0.15) is 0 Å². The first-order chi connectivity index (χ1) is 7.43. The third kappa shape index (κ3) is 2.38. The molecule has 2 N–H and O–H groups in total. The molecule has 0 aliphatic carbocycles. The largest absolute Gasteiger partial charge is 0.493 e. The number of nitrogens with two attached hydrogens (primary N) is 1. The molecule has 0 amide bonds. The maximum absolute atomic E-state index is 12.5. The molecule has 0 fully saturated rings. The fourth-order valence-corrected chi connectivity index (χ4v) is 1.36. The highest BCUT2D eigenvalue weighted by atomic mass is 19.4. The summed E-state index contributed by atoms with van der Waals surface area (Å²) < 4.78 is 47.3. The number of hydrogen-bond donors (Lipinski definition) is 1. The SMILES string of the molecule is COc1cc(C(F)(F)F)cc(CN)c1OC. The first-order valence-electron chi connectivity index (χ1n) is 4.46. The Morgan fingerprint density at radius 3 is 2.19 bits per heavy atom. The van der Waals surface area contributed by atoms with E-state index in [-0.39, 0.29) is 23.6 Å². The van der Waals surface area contributed by atoms with Crippen molar-refractivity contribution in [2.45, 2.75) is 12.7 Å². The van der Waals surface area contributed by atoms with Crippen LogP contribution in [0.25, 0.3) is 0 Å². The van der Waals surface area contributed by atoms with Crippen molar-refractivity contribution in [3.05, 3.63) is 23.3 Å². The van der Waals surface area contributed by atoms with Gasteiger partial charge in [-0.2, -0.15) is 13.2 Å². The Bertz CT molecular complexity index is 352. The Balaban J connectivity index is 3.37. The molecular formula is C10H12F3NO2. The standard InChI is InChI=1S/C10H12F3NO2/c1-15-8-4-7(10(11,12)13)3-6(5-14)9(8)16-2/h3-4H,5,14H2,1-2H3. The van der Waals surface area contributed by atoms with Gasteiger partial charge in [0.05, 0.1) is 19.8 Å². The number of ether oxygens (including phenoxy) is 2. The lowest BCUT2D eigenvalue weighted by molar-refractivity contribution is -0.137. The van der Waals surface area contributed by atoms with E-state index in [2.05, 4.69) is 0 Å². The number of hydrogen-bond acceptors (Lipinski definition) is 3. The molecule has 0 unspecified atom stereocenters. The minimum Gasteiger partial charge on any atom is -0.493 e. The zero-order chi connectivity index (χ0) is 12.3. The van der Waals surface area contributed by atoms with Crippen LogP contribution in [0.2, 0.25) is 0 Å². The van der Waals surface area contributed by atoms with E-state index in [1.54, 1.807) is 0 Å². The Kier molecular flexibility index (Phi) is 3.64. The van der Waals surface area contributed by atoms with Crippen molar-refractivity contribution in [2.24, 2.45) is 5.73 Å². The fraction of sp³-hybridized carbons (Fsp3) is 0.400. The molecule has 0 atom stereocenters. The molecule has 16 heavy (non-hydrogen) atoms. The molecule has 6 heteroatoms. The second-order valence-corrected chi connectivity index (χ2v) is 3.07. The second kappa shape index (κ2) is 4.61. The summed E-state index contributed by atoms with van der Waals surface area (Å²) in [7, 11) is 2.63. The van der Waals surface area contributed by atoms with Gasteiger partial charge in [0, 0.05) is 12.1 Å². The van der Waals surface area contributed by atoms with Gasteiger partial charge in [0.2, 0.25) is 0 Å². The van der Waals surface area contributed by atoms with E-state index < -0.39 is 11.7 Å². The number of halogens is 3. The van der Waals surface area contributed by atoms with Gasteiger partial charge in [-0.3, -0.25) is 0 Å². The van der Waals surface area contributed by atoms with Crippen LogP contribution in [-0.2, 0) is 12.7 Å². The molecular weight excluding hydrogens is 223 g/mol. The Morgan fingerprint density at radius 2 is 1.81 bits per heavy atom. The van der Waals surface area contributed by atoms with Crippen molar-refractivity contribution in [1.29, 1.82) is 0 Å². The van der Waals surface area contributed by atoms with Crippen molar-refractivity contribution >= 4 is 0 Å². The first kappa shape index (κ1) is 12.6. The molecule has 0 aromatic heterocycles. The van der Waals surface area contributed by atoms with Crippen molar-refractivity contribution in [3.63, 3.8) is 0 Å². The monoisotopic (exact) mass is 235 g/mol. The van der Waals surface area contributed by atoms with Gasteiger partial charge in [-0.1, -0.05) is 0 Å². The van der Waals surface area contributed by atoms with Gasteiger partial charge in [-0.15, -0.1) is 0 Å². The van der Waals surface area contributed by atoms with Crippen LogP contribution < -0.4 is 15.2 Å². The number of benzene rings is 1. The summed E-state index contributed by atoms with van der Waals surface area (Å²) >= 11 is 0. The van der Waals surface area contributed by atoms with Crippen molar-refractivity contribution < 1.29 is 22.6 Å². The van der Waals surface area contributed by atoms with E-state index >= 15 is 0 Å². The summed E-state index contributed by atoms with van der Waals surface area (Å²) in [5.41, 5.74) is 4.82. The number of methoxy groups -OCH3 is 2. The van der Waals surface area contributed by atoms with E-state index in [0.29, 0.717) is 0 Å². The lowest BCUT2D eigenvalue weighted by atomic mass is 10.1. The smallest absolute Gasteiger partial charge is 0.416 e. The lowest BCUT2D eigenvalue weighted by Gasteiger charge is -2.15. The van der Waals surface area contributed by atoms with E-state index in [1.165, 1.54) is 14.2 Å². The number of rotatable bonds is 3. The van der Waals surface area contributed by atoms with E-state index in [9.17, 15) is 13.2 Å². The highest BCUT2D eigenvalue weighted by Gasteiger charge is 2.32. The van der Waals surface area contributed by atoms with Gasteiger partial charge < -0.3 is 15.2 Å². The van der Waals surface area contributed by atoms with Crippen molar-refractivity contribution in [1.82, 2.24) is 0 Å². The van der Waals surface area contributed by atoms with Crippen LogP contribution in [0.1, 0.15) is 11.1 Å². The molecule has 0 aliphatic rings. The summed E-state index contributed by atoms with van der Waals surface area (Å²) in [5.74, 6) is 0.260. The van der Waals surface area contributed by atoms with Gasteiger partial charge in [-0.05, 0) is 12.1 Å². The minimum atomic E-state index is -4.43. The van der Waals surface area contributed by atoms with E-state index in [1.807, 2.05) is 0 Å². The summed E-state index contributed by atoms with van der Waals surface area (Å²) in [4.78, 5) is 0. The van der Waals surface area contributed by atoms with Crippen LogP contribution >= 0.6 is 0 Å². The van der Waals surface area contributed by atoms with Crippen LogP contribution in [0, 0.1) is 0 Å². The van der Waals surface area contributed by atoms with Gasteiger partial charge in [-0.25, -0.2) is 0 Å². The molecule has 90 valence electrons. The molecule has 0 spiro atoms. The molecule has 0 saturated carbocycles. The molecule has 0 bridgehead atoms. The second-order valence-electron chi connectivity index (χ2n) is 3.07. The molecule has 0 saturated heterocycles. The molecule has 1 rings (SSSR count). The zero-order valence-electron chi connectivity index (χ0n) is 8.89. The molecule has 3 nitrogen and oxygen atoms in total. The maximum atomic E-state index is 12.5. The fourth-order valence-electron chi connectivity index (χ4n) is 1.36. The molecule has 0 heterocycles. The third-order valence-electron chi connectivity index (χ3n) is 2.10. The molecule has 0 aliphatic heterocycles. The Hall–Kier alpha value is -1.43. The highest BCUT2D eigenvalue weighted by molar-refractivity contribution is 5.50. The molecule has 0 radical (unpaired) electrons. The van der Waals surface area contributed by atoms with Crippen LogP contribution in [0.5, 0.6) is 11.5 Å². The van der Waals surface area contributed by atoms with Gasteiger partial charge in [0.15, 0.2) is 11.5 Å². The van der Waals surface area contributed by atoms with Crippen molar-refractivity contribution in [2.75, 3.05) is 14.2 Å². The van der Waals surface area contributed by atoms with E-state index in [4.69, 9.17) is 15.2 Å². The summed E-state index contributed by atoms with van der Waals surface area (Å²) in [6.45, 7) is -0.0521. The third-order valence-corrected chi connectivity index (χ3v) is 2.10. The zero-order valence-corrected chi connectivity index (χ0v) is 8.89. The molecule has 1 aromatic rings. The quantitative estimate of drug-likeness (QED) is 0.873. The van der Waals surface area contributed by atoms with Crippen LogP contribution in [-0.4, -0.2) is 14.2 Å². The molecule has 1 aromatic carbocycles. The van der Waals surface area contributed by atoms with Crippen LogP contribution in [0.15, 0.2) is 12.1 Å². The summed E-state index contributed by atoms with van der Waals surface area (Å²) in [5, 5.41) is 0. The predicted octanol–water partition coefficient (Wildman–Crippen LogP) is 2.18. The van der Waals surface area contributed by atoms with E-state index in [0.717, 1.165) is 12.1 Å². The Morgan fingerprint density at radius 1 is 1.19 bits per heavy atom. The maximum Gasteiger partial charge on any atom is 0.416 e. The van der Waals surface area contributed by atoms with Crippen LogP contribution in [0.3, 0.4) is 0 Å². The topological polar surface area (TPSA) is 44.5 Å². The highest BCUT2D eigenvalue weighted by Crippen LogP contribution is 2.38. The summed E-state index contributed by atoms with van der Waals surface area (Å²) in [6, 6.07) is 1.85. The lowest BCUT2D eigenvalue weighted by Crippen LogP contribution is -2.09. The number of alkyl halides is 3. The predicted molar refractivity (Wildman–Crippen MR) is 52.4 cm³/mol. The van der Waals surface area contributed by atoms with Crippen LogP contribution in [0.4, 0.5) is 13.2 Å². The first-order valence-corrected chi connectivity index (χ1v) is 4.46. The average Bonchev–Trinajstić information content (AvgIpc) is 2.25. The van der Waals surface area contributed by atoms with Gasteiger partial charge in [0.25, 0.3) is 0 Å². The van der Waals surface area contributed by atoms with Gasteiger partial charge >= 0.3 is 6.18 Å². The average molecular weight is 235 g/mol. The summed E-state index contributed by atoms with van der Waals surface area (Å²) in [6.07, 6.45) is -4.43.